The second-order valence-electron chi connectivity index (χ2n) is 5.57. The van der Waals surface area contributed by atoms with E-state index in [-0.39, 0.29) is 12.2 Å². The number of ether oxygens (including phenoxy) is 2. The van der Waals surface area contributed by atoms with E-state index < -0.39 is 30.3 Å². The Kier molecular flexibility index (Phi) is 7.88. The Labute approximate surface area is 166 Å². The molecule has 0 aliphatic heterocycles. The number of anilines is 1. The van der Waals surface area contributed by atoms with Crippen LogP contribution in [0.15, 0.2) is 36.4 Å². The van der Waals surface area contributed by atoms with Crippen LogP contribution < -0.4 is 5.32 Å². The topological polar surface area (TPSA) is 81.7 Å². The molecule has 1 aromatic carbocycles. The van der Waals surface area contributed by atoms with Gasteiger partial charge in [-0.1, -0.05) is 19.1 Å². The number of thiophene rings is 1. The summed E-state index contributed by atoms with van der Waals surface area (Å²) in [6.45, 7) is 3.33. The summed E-state index contributed by atoms with van der Waals surface area (Å²) in [4.78, 5) is 36.7. The van der Waals surface area contributed by atoms with Crippen LogP contribution in [0.25, 0.3) is 6.08 Å². The Morgan fingerprint density at radius 1 is 1.18 bits per heavy atom. The predicted molar refractivity (Wildman–Crippen MR) is 105 cm³/mol. The van der Waals surface area contributed by atoms with Crippen LogP contribution in [0.4, 0.5) is 9.39 Å². The molecule has 0 unspecified atom stereocenters. The van der Waals surface area contributed by atoms with Crippen LogP contribution in [0.1, 0.15) is 34.6 Å². The summed E-state index contributed by atoms with van der Waals surface area (Å²) < 4.78 is 22.9. The fraction of sp³-hybridized carbons (Fsp3) is 0.250. The molecule has 0 spiro atoms. The Hall–Kier alpha value is -3.00. The van der Waals surface area contributed by atoms with Crippen LogP contribution in [-0.4, -0.2) is 31.1 Å². The second-order valence-corrected chi connectivity index (χ2v) is 6.71. The average Bonchev–Trinajstić information content (AvgIpc) is 3.08. The lowest BCUT2D eigenvalue weighted by Crippen LogP contribution is -2.20. The fourth-order valence-electron chi connectivity index (χ4n) is 2.19. The third kappa shape index (κ3) is 6.31. The molecule has 0 saturated heterocycles. The standard InChI is InChI=1S/C20H20FNO5S/c1-3-15-11-16(20(25)26-4-2)19(28-15)22-17(23)12-27-18(24)9-8-13-6-5-7-14(21)10-13/h5-11H,3-4,12H2,1-2H3,(H,22,23)/b9-8+. The maximum Gasteiger partial charge on any atom is 0.341 e. The van der Waals surface area contributed by atoms with Gasteiger partial charge in [-0.25, -0.2) is 14.0 Å². The van der Waals surface area contributed by atoms with Crippen molar-refractivity contribution in [3.8, 4) is 0 Å². The number of hydrogen-bond donors (Lipinski definition) is 1. The number of nitrogens with one attached hydrogen (secondary N) is 1. The van der Waals surface area contributed by atoms with Gasteiger partial charge in [0.05, 0.1) is 12.2 Å². The van der Waals surface area contributed by atoms with Gasteiger partial charge in [-0.2, -0.15) is 0 Å². The number of carbonyl (C=O) groups excluding carboxylic acids is 3. The first-order chi connectivity index (χ1) is 13.4. The highest BCUT2D eigenvalue weighted by Crippen LogP contribution is 2.29. The van der Waals surface area contributed by atoms with E-state index in [1.165, 1.54) is 35.6 Å². The predicted octanol–water partition coefficient (Wildman–Crippen LogP) is 3.82. The van der Waals surface area contributed by atoms with Crippen molar-refractivity contribution >= 4 is 40.3 Å². The molecule has 2 rings (SSSR count). The van der Waals surface area contributed by atoms with Gasteiger partial charge in [-0.15, -0.1) is 11.3 Å². The van der Waals surface area contributed by atoms with E-state index in [2.05, 4.69) is 5.32 Å². The maximum atomic E-state index is 13.1. The van der Waals surface area contributed by atoms with Crippen molar-refractivity contribution in [3.63, 3.8) is 0 Å². The first-order valence-corrected chi connectivity index (χ1v) is 9.44. The van der Waals surface area contributed by atoms with Crippen molar-refractivity contribution in [2.24, 2.45) is 0 Å². The Bertz CT molecular complexity index is 890. The van der Waals surface area contributed by atoms with E-state index in [0.717, 1.165) is 11.0 Å². The molecule has 1 amide bonds. The zero-order valence-electron chi connectivity index (χ0n) is 15.5. The fourth-order valence-corrected chi connectivity index (χ4v) is 3.19. The van der Waals surface area contributed by atoms with Crippen molar-refractivity contribution in [2.45, 2.75) is 20.3 Å². The zero-order valence-corrected chi connectivity index (χ0v) is 16.3. The molecular formula is C20H20FNO5S. The zero-order chi connectivity index (χ0) is 20.5. The normalized spacial score (nSPS) is 10.7. The van der Waals surface area contributed by atoms with Crippen LogP contribution in [-0.2, 0) is 25.5 Å². The monoisotopic (exact) mass is 405 g/mol. The molecule has 1 N–H and O–H groups in total. The minimum absolute atomic E-state index is 0.221. The van der Waals surface area contributed by atoms with Gasteiger partial charge in [0.1, 0.15) is 10.8 Å². The van der Waals surface area contributed by atoms with Gasteiger partial charge in [0.25, 0.3) is 5.91 Å². The number of halogens is 1. The SMILES string of the molecule is CCOC(=O)c1cc(CC)sc1NC(=O)COC(=O)/C=C/c1cccc(F)c1. The lowest BCUT2D eigenvalue weighted by molar-refractivity contribution is -0.142. The number of aryl methyl sites for hydroxylation is 1. The van der Waals surface area contributed by atoms with Gasteiger partial charge >= 0.3 is 11.9 Å². The molecule has 0 bridgehead atoms. The summed E-state index contributed by atoms with van der Waals surface area (Å²) in [5, 5.41) is 2.92. The highest BCUT2D eigenvalue weighted by molar-refractivity contribution is 7.16. The van der Waals surface area contributed by atoms with Crippen molar-refractivity contribution in [1.82, 2.24) is 0 Å². The largest absolute Gasteiger partial charge is 0.462 e. The maximum absolute atomic E-state index is 13.1. The molecule has 2 aromatic rings. The van der Waals surface area contributed by atoms with E-state index in [1.807, 2.05) is 6.92 Å². The van der Waals surface area contributed by atoms with Crippen LogP contribution >= 0.6 is 11.3 Å². The van der Waals surface area contributed by atoms with Gasteiger partial charge in [0.2, 0.25) is 0 Å². The molecule has 1 heterocycles. The second kappa shape index (κ2) is 10.4. The molecule has 28 heavy (non-hydrogen) atoms. The van der Waals surface area contributed by atoms with E-state index in [4.69, 9.17) is 9.47 Å². The lowest BCUT2D eigenvalue weighted by Gasteiger charge is -2.06. The third-order valence-corrected chi connectivity index (χ3v) is 4.68. The van der Waals surface area contributed by atoms with Crippen molar-refractivity contribution < 1.29 is 28.2 Å². The van der Waals surface area contributed by atoms with Crippen LogP contribution in [0, 0.1) is 5.82 Å². The molecule has 1 aromatic heterocycles. The molecule has 148 valence electrons. The molecule has 0 atom stereocenters. The Morgan fingerprint density at radius 3 is 2.64 bits per heavy atom. The first-order valence-electron chi connectivity index (χ1n) is 8.63. The number of hydrogen-bond acceptors (Lipinski definition) is 6. The number of benzene rings is 1. The molecule has 6 nitrogen and oxygen atoms in total. The van der Waals surface area contributed by atoms with Gasteiger partial charge in [-0.3, -0.25) is 4.79 Å². The number of rotatable bonds is 8. The first kappa shape index (κ1) is 21.3. The van der Waals surface area contributed by atoms with Crippen molar-refractivity contribution in [3.05, 3.63) is 58.2 Å². The number of esters is 2. The number of carbonyl (C=O) groups is 3. The molecule has 0 aliphatic carbocycles. The lowest BCUT2D eigenvalue weighted by atomic mass is 10.2. The summed E-state index contributed by atoms with van der Waals surface area (Å²) in [6, 6.07) is 7.36. The molecule has 0 saturated carbocycles. The average molecular weight is 405 g/mol. The van der Waals surface area contributed by atoms with Crippen LogP contribution in [0.5, 0.6) is 0 Å². The van der Waals surface area contributed by atoms with E-state index in [1.54, 1.807) is 19.1 Å². The molecule has 0 aliphatic rings. The minimum atomic E-state index is -0.745. The summed E-state index contributed by atoms with van der Waals surface area (Å²) in [7, 11) is 0. The van der Waals surface area contributed by atoms with Gasteiger partial charge in [-0.05, 0) is 43.2 Å². The Balaban J connectivity index is 1.92. The molecule has 0 fully saturated rings. The van der Waals surface area contributed by atoms with Crippen LogP contribution in [0.2, 0.25) is 0 Å². The molecule has 0 radical (unpaired) electrons. The van der Waals surface area contributed by atoms with Crippen molar-refractivity contribution in [1.29, 1.82) is 0 Å². The van der Waals surface area contributed by atoms with Gasteiger partial charge in [0, 0.05) is 11.0 Å². The summed E-state index contributed by atoms with van der Waals surface area (Å²) in [5.74, 6) is -2.27. The minimum Gasteiger partial charge on any atom is -0.462 e. The third-order valence-electron chi connectivity index (χ3n) is 3.49. The summed E-state index contributed by atoms with van der Waals surface area (Å²) in [5.41, 5.74) is 0.764. The molecule has 8 heteroatoms. The highest BCUT2D eigenvalue weighted by Gasteiger charge is 2.19. The highest BCUT2D eigenvalue weighted by atomic mass is 32.1. The summed E-state index contributed by atoms with van der Waals surface area (Å²) >= 11 is 1.26. The molecular weight excluding hydrogens is 385 g/mol. The quantitative estimate of drug-likeness (QED) is 0.533. The Morgan fingerprint density at radius 2 is 1.96 bits per heavy atom. The van der Waals surface area contributed by atoms with E-state index in [9.17, 15) is 18.8 Å². The van der Waals surface area contributed by atoms with Crippen molar-refractivity contribution in [2.75, 3.05) is 18.5 Å². The van der Waals surface area contributed by atoms with E-state index in [0.29, 0.717) is 17.0 Å². The number of amides is 1. The van der Waals surface area contributed by atoms with Gasteiger partial charge in [0.15, 0.2) is 6.61 Å². The van der Waals surface area contributed by atoms with E-state index >= 15 is 0 Å². The smallest absolute Gasteiger partial charge is 0.341 e. The summed E-state index contributed by atoms with van der Waals surface area (Å²) in [6.07, 6.45) is 3.19. The van der Waals surface area contributed by atoms with Crippen LogP contribution in [0.3, 0.4) is 0 Å². The van der Waals surface area contributed by atoms with Gasteiger partial charge < -0.3 is 14.8 Å².